The fraction of sp³-hybridized carbons (Fsp3) is 0.318. The van der Waals surface area contributed by atoms with Crippen LogP contribution in [0.4, 0.5) is 5.13 Å². The Morgan fingerprint density at radius 1 is 1.04 bits per heavy atom. The molecule has 0 bridgehead atoms. The van der Waals surface area contributed by atoms with Crippen molar-refractivity contribution in [2.75, 3.05) is 25.1 Å². The van der Waals surface area contributed by atoms with Crippen molar-refractivity contribution in [3.8, 4) is 17.0 Å². The summed E-state index contributed by atoms with van der Waals surface area (Å²) in [6.07, 6.45) is 3.68. The number of thiazole rings is 1. The van der Waals surface area contributed by atoms with Crippen LogP contribution in [0.5, 0.6) is 5.75 Å². The minimum Gasteiger partial charge on any atom is -0.497 e. The first-order valence-corrected chi connectivity index (χ1v) is 10.1. The first-order valence-electron chi connectivity index (χ1n) is 9.20. The molecule has 1 fully saturated rings. The Hall–Kier alpha value is -2.33. The molecular weight excluding hydrogens is 340 g/mol. The Labute approximate surface area is 159 Å². The fourth-order valence-corrected chi connectivity index (χ4v) is 4.47. The van der Waals surface area contributed by atoms with Gasteiger partial charge >= 0.3 is 0 Å². The summed E-state index contributed by atoms with van der Waals surface area (Å²) in [5.41, 5.74) is 3.66. The third-order valence-corrected chi connectivity index (χ3v) is 6.03. The van der Waals surface area contributed by atoms with Gasteiger partial charge in [-0.15, -0.1) is 11.3 Å². The van der Waals surface area contributed by atoms with Crippen LogP contribution in [0.3, 0.4) is 0 Å². The van der Waals surface area contributed by atoms with Gasteiger partial charge in [-0.1, -0.05) is 30.3 Å². The van der Waals surface area contributed by atoms with Crippen molar-refractivity contribution in [2.45, 2.75) is 19.3 Å². The number of methoxy groups -OCH3 is 1. The Balaban J connectivity index is 1.36. The Morgan fingerprint density at radius 2 is 1.77 bits per heavy atom. The maximum atomic E-state index is 5.23. The van der Waals surface area contributed by atoms with Gasteiger partial charge in [-0.2, -0.15) is 0 Å². The summed E-state index contributed by atoms with van der Waals surface area (Å²) in [7, 11) is 1.69. The number of hydrogen-bond donors (Lipinski definition) is 0. The third kappa shape index (κ3) is 3.91. The molecule has 3 aromatic rings. The van der Waals surface area contributed by atoms with E-state index in [0.717, 1.165) is 41.1 Å². The van der Waals surface area contributed by atoms with Crippen LogP contribution in [-0.2, 0) is 6.42 Å². The van der Waals surface area contributed by atoms with Crippen molar-refractivity contribution in [3.05, 3.63) is 65.5 Å². The van der Waals surface area contributed by atoms with Crippen molar-refractivity contribution < 1.29 is 4.74 Å². The normalized spacial score (nSPS) is 15.2. The number of aromatic nitrogens is 1. The van der Waals surface area contributed by atoms with Crippen LogP contribution in [-0.4, -0.2) is 25.2 Å². The lowest BCUT2D eigenvalue weighted by atomic mass is 9.90. The molecule has 0 unspecified atom stereocenters. The maximum absolute atomic E-state index is 5.23. The van der Waals surface area contributed by atoms with Gasteiger partial charge in [0, 0.05) is 24.0 Å². The lowest BCUT2D eigenvalue weighted by molar-refractivity contribution is 0.403. The van der Waals surface area contributed by atoms with E-state index in [9.17, 15) is 0 Å². The van der Waals surface area contributed by atoms with Crippen LogP contribution >= 0.6 is 11.3 Å². The topological polar surface area (TPSA) is 25.4 Å². The van der Waals surface area contributed by atoms with E-state index in [1.807, 2.05) is 12.1 Å². The van der Waals surface area contributed by atoms with Crippen molar-refractivity contribution >= 4 is 16.5 Å². The first-order chi connectivity index (χ1) is 12.8. The molecule has 0 radical (unpaired) electrons. The Kier molecular flexibility index (Phi) is 5.21. The molecule has 1 saturated heterocycles. The van der Waals surface area contributed by atoms with Crippen molar-refractivity contribution in [1.29, 1.82) is 0 Å². The Morgan fingerprint density at radius 3 is 2.46 bits per heavy atom. The van der Waals surface area contributed by atoms with E-state index in [4.69, 9.17) is 9.72 Å². The molecule has 0 saturated carbocycles. The molecule has 1 aliphatic rings. The molecule has 4 heteroatoms. The fourth-order valence-electron chi connectivity index (χ4n) is 3.58. The van der Waals surface area contributed by atoms with Gasteiger partial charge in [0.15, 0.2) is 5.13 Å². The minimum absolute atomic E-state index is 0.787. The highest BCUT2D eigenvalue weighted by atomic mass is 32.1. The number of piperidine rings is 1. The van der Waals surface area contributed by atoms with Gasteiger partial charge in [0.1, 0.15) is 5.75 Å². The van der Waals surface area contributed by atoms with Crippen molar-refractivity contribution in [1.82, 2.24) is 4.98 Å². The van der Waals surface area contributed by atoms with Gasteiger partial charge in [0.2, 0.25) is 0 Å². The van der Waals surface area contributed by atoms with Crippen LogP contribution in [0.2, 0.25) is 0 Å². The van der Waals surface area contributed by atoms with E-state index in [2.05, 4.69) is 52.7 Å². The van der Waals surface area contributed by atoms with E-state index in [-0.39, 0.29) is 0 Å². The second-order valence-electron chi connectivity index (χ2n) is 6.86. The molecule has 26 heavy (non-hydrogen) atoms. The predicted octanol–water partition coefficient (Wildman–Crippen LogP) is 5.28. The monoisotopic (exact) mass is 364 g/mol. The van der Waals surface area contributed by atoms with Gasteiger partial charge in [-0.25, -0.2) is 4.98 Å². The number of benzene rings is 2. The summed E-state index contributed by atoms with van der Waals surface area (Å²) in [6.45, 7) is 2.21. The highest BCUT2D eigenvalue weighted by Crippen LogP contribution is 2.31. The van der Waals surface area contributed by atoms with Gasteiger partial charge < -0.3 is 9.64 Å². The second kappa shape index (κ2) is 7.92. The van der Waals surface area contributed by atoms with Crippen molar-refractivity contribution in [3.63, 3.8) is 0 Å². The predicted molar refractivity (Wildman–Crippen MR) is 109 cm³/mol. The summed E-state index contributed by atoms with van der Waals surface area (Å²) in [4.78, 5) is 7.32. The van der Waals surface area contributed by atoms with E-state index in [1.54, 1.807) is 18.4 Å². The molecule has 0 aliphatic carbocycles. The van der Waals surface area contributed by atoms with E-state index in [0.29, 0.717) is 0 Å². The van der Waals surface area contributed by atoms with Gasteiger partial charge in [-0.3, -0.25) is 0 Å². The SMILES string of the molecule is COc1ccc(-c2csc(N3CCC(Cc4ccccc4)CC3)n2)cc1. The molecular formula is C22H24N2OS. The summed E-state index contributed by atoms with van der Waals surface area (Å²) < 4.78 is 5.23. The highest BCUT2D eigenvalue weighted by Gasteiger charge is 2.21. The summed E-state index contributed by atoms with van der Waals surface area (Å²) >= 11 is 1.75. The summed E-state index contributed by atoms with van der Waals surface area (Å²) in [6, 6.07) is 19.0. The third-order valence-electron chi connectivity index (χ3n) is 5.13. The molecule has 0 atom stereocenters. The van der Waals surface area contributed by atoms with E-state index in [1.165, 1.54) is 24.8 Å². The number of ether oxygens (including phenoxy) is 1. The van der Waals surface area contributed by atoms with Gasteiger partial charge in [-0.05, 0) is 55.0 Å². The highest BCUT2D eigenvalue weighted by molar-refractivity contribution is 7.14. The molecule has 2 heterocycles. The molecule has 0 amide bonds. The average Bonchev–Trinajstić information content (AvgIpc) is 3.20. The maximum Gasteiger partial charge on any atom is 0.185 e. The molecule has 1 aromatic heterocycles. The molecule has 0 N–H and O–H groups in total. The Bertz CT molecular complexity index is 821. The lowest BCUT2D eigenvalue weighted by Crippen LogP contribution is -2.34. The number of nitrogens with zero attached hydrogens (tertiary/aromatic N) is 2. The molecule has 0 spiro atoms. The van der Waals surface area contributed by atoms with Crippen LogP contribution < -0.4 is 9.64 Å². The molecule has 3 nitrogen and oxygen atoms in total. The zero-order valence-corrected chi connectivity index (χ0v) is 15.9. The molecule has 4 rings (SSSR count). The van der Waals surface area contributed by atoms with Crippen LogP contribution in [0.1, 0.15) is 18.4 Å². The first kappa shape index (κ1) is 17.1. The summed E-state index contributed by atoms with van der Waals surface area (Å²) in [5, 5.41) is 3.31. The molecule has 1 aliphatic heterocycles. The smallest absolute Gasteiger partial charge is 0.185 e. The quantitative estimate of drug-likeness (QED) is 0.616. The number of anilines is 1. The van der Waals surface area contributed by atoms with Gasteiger partial charge in [0.05, 0.1) is 12.8 Å². The second-order valence-corrected chi connectivity index (χ2v) is 7.70. The molecule has 134 valence electrons. The zero-order valence-electron chi connectivity index (χ0n) is 15.1. The average molecular weight is 365 g/mol. The number of rotatable bonds is 5. The minimum atomic E-state index is 0.787. The van der Waals surface area contributed by atoms with Crippen LogP contribution in [0.15, 0.2) is 60.0 Å². The number of hydrogen-bond acceptors (Lipinski definition) is 4. The zero-order chi connectivity index (χ0) is 17.8. The lowest BCUT2D eigenvalue weighted by Gasteiger charge is -2.31. The van der Waals surface area contributed by atoms with Crippen LogP contribution in [0.25, 0.3) is 11.3 Å². The summed E-state index contributed by atoms with van der Waals surface area (Å²) in [5.74, 6) is 1.67. The van der Waals surface area contributed by atoms with Crippen molar-refractivity contribution in [2.24, 2.45) is 5.92 Å². The van der Waals surface area contributed by atoms with E-state index < -0.39 is 0 Å². The van der Waals surface area contributed by atoms with Gasteiger partial charge in [0.25, 0.3) is 0 Å². The van der Waals surface area contributed by atoms with E-state index >= 15 is 0 Å². The van der Waals surface area contributed by atoms with Crippen LogP contribution in [0, 0.1) is 5.92 Å². The largest absolute Gasteiger partial charge is 0.497 e. The molecule has 2 aromatic carbocycles. The standard InChI is InChI=1S/C22H24N2OS/c1-25-20-9-7-19(8-10-20)21-16-26-22(23-21)24-13-11-18(12-14-24)15-17-5-3-2-4-6-17/h2-10,16,18H,11-15H2,1H3.